The van der Waals surface area contributed by atoms with Crippen LogP contribution in [0.5, 0.6) is 0 Å². The van der Waals surface area contributed by atoms with E-state index in [4.69, 9.17) is 0 Å². The van der Waals surface area contributed by atoms with Crippen molar-refractivity contribution in [2.75, 3.05) is 16.9 Å². The Bertz CT molecular complexity index is 1450. The first-order valence-electron chi connectivity index (χ1n) is 11.7. The molecule has 0 bridgehead atoms. The maximum Gasteiger partial charge on any atom is 0.250 e. The Balaban J connectivity index is 1.55. The minimum absolute atomic E-state index is 0.0990. The molecule has 1 N–H and O–H groups in total. The average molecular weight is 646 g/mol. The molecule has 0 aliphatic carbocycles. The second-order valence-corrected chi connectivity index (χ2v) is 12.2. The molecular weight excluding hydrogens is 626 g/mol. The lowest BCUT2D eigenvalue weighted by Gasteiger charge is -2.36. The largest absolute Gasteiger partial charge is 0.323 e. The molecule has 3 aromatic rings. The van der Waals surface area contributed by atoms with Crippen molar-refractivity contribution in [3.63, 3.8) is 0 Å². The van der Waals surface area contributed by atoms with E-state index in [0.717, 1.165) is 25.8 Å². The molecule has 2 fully saturated rings. The van der Waals surface area contributed by atoms with Crippen LogP contribution in [-0.2, 0) is 15.1 Å². The molecule has 3 heterocycles. The summed E-state index contributed by atoms with van der Waals surface area (Å²) in [6.45, 7) is 0. The van der Waals surface area contributed by atoms with Gasteiger partial charge in [0.05, 0.1) is 11.6 Å². The second kappa shape index (κ2) is 9.45. The van der Waals surface area contributed by atoms with Crippen LogP contribution in [-0.4, -0.2) is 34.3 Å². The van der Waals surface area contributed by atoms with Gasteiger partial charge in [-0.3, -0.25) is 14.5 Å². The van der Waals surface area contributed by atoms with Gasteiger partial charge >= 0.3 is 0 Å². The van der Waals surface area contributed by atoms with Crippen molar-refractivity contribution in [2.45, 2.75) is 17.5 Å². The molecule has 188 valence electrons. The highest BCUT2D eigenvalue weighted by atomic mass is 79.9. The number of rotatable bonds is 4. The summed E-state index contributed by atoms with van der Waals surface area (Å²) < 4.78 is 28.8. The summed E-state index contributed by atoms with van der Waals surface area (Å²) in [6.07, 6.45) is 3.14. The van der Waals surface area contributed by atoms with Crippen molar-refractivity contribution in [2.24, 2.45) is 5.92 Å². The van der Waals surface area contributed by atoms with Gasteiger partial charge in [-0.05, 0) is 69.5 Å². The van der Waals surface area contributed by atoms with Crippen molar-refractivity contribution in [3.05, 3.63) is 104 Å². The fourth-order valence-electron chi connectivity index (χ4n) is 6.04. The van der Waals surface area contributed by atoms with Crippen molar-refractivity contribution in [1.29, 1.82) is 0 Å². The van der Waals surface area contributed by atoms with Crippen LogP contribution in [0, 0.1) is 17.6 Å². The highest BCUT2D eigenvalue weighted by molar-refractivity contribution is 9.11. The highest BCUT2D eigenvalue weighted by Gasteiger charge is 2.69. The SMILES string of the molecule is O=C(/C=C/c1ccc(F)cc1)[C@H]1[C@H](c2ccc(F)cc2)C2CSCN2C12C(=O)Nc1c(Br)cc(Br)cc12. The van der Waals surface area contributed by atoms with E-state index >= 15 is 0 Å². The van der Waals surface area contributed by atoms with Gasteiger partial charge in [0.25, 0.3) is 0 Å². The predicted octanol–water partition coefficient (Wildman–Crippen LogP) is 6.71. The number of allylic oxidation sites excluding steroid dienone is 1. The standard InChI is InChI=1S/C28H20Br2F2N2O2S/c29-17-11-20-26(21(30)12-17)33-27(36)28(20)25(23(35)10-3-15-1-6-18(31)7-2-15)24(22-13-37-14-34(22)28)16-4-8-19(32)9-5-16/h1-12,22,24-25H,13-14H2,(H,33,36)/b10-3+/t22?,24-,25+,28?/m1/s1. The smallest absolute Gasteiger partial charge is 0.250 e. The number of amides is 1. The topological polar surface area (TPSA) is 49.4 Å². The lowest BCUT2D eigenvalue weighted by Crippen LogP contribution is -2.52. The Morgan fingerprint density at radius 2 is 1.73 bits per heavy atom. The zero-order chi connectivity index (χ0) is 25.9. The van der Waals surface area contributed by atoms with Crippen LogP contribution in [0.3, 0.4) is 0 Å². The molecular formula is C28H20Br2F2N2O2S. The summed E-state index contributed by atoms with van der Waals surface area (Å²) in [4.78, 5) is 30.4. The summed E-state index contributed by atoms with van der Waals surface area (Å²) >= 11 is 8.87. The van der Waals surface area contributed by atoms with Gasteiger partial charge in [0.2, 0.25) is 5.91 Å². The van der Waals surface area contributed by atoms with Gasteiger partial charge in [-0.25, -0.2) is 8.78 Å². The number of hydrogen-bond donors (Lipinski definition) is 1. The van der Waals surface area contributed by atoms with E-state index in [2.05, 4.69) is 42.1 Å². The van der Waals surface area contributed by atoms with Gasteiger partial charge in [0.15, 0.2) is 5.78 Å². The van der Waals surface area contributed by atoms with Gasteiger partial charge < -0.3 is 5.32 Å². The Labute approximate surface area is 233 Å². The minimum Gasteiger partial charge on any atom is -0.323 e. The van der Waals surface area contributed by atoms with E-state index in [1.807, 2.05) is 12.1 Å². The molecule has 2 saturated heterocycles. The molecule has 3 aromatic carbocycles. The first-order chi connectivity index (χ1) is 17.8. The number of benzene rings is 3. The number of carbonyl (C=O) groups is 2. The number of hydrogen-bond acceptors (Lipinski definition) is 4. The molecule has 0 aromatic heterocycles. The Kier molecular flexibility index (Phi) is 6.38. The predicted molar refractivity (Wildman–Crippen MR) is 148 cm³/mol. The fraction of sp³-hybridized carbons (Fsp3) is 0.214. The Morgan fingerprint density at radius 1 is 1.05 bits per heavy atom. The van der Waals surface area contributed by atoms with Gasteiger partial charge in [0.1, 0.15) is 17.2 Å². The molecule has 4 atom stereocenters. The first kappa shape index (κ1) is 25.0. The zero-order valence-corrected chi connectivity index (χ0v) is 23.2. The average Bonchev–Trinajstić information content (AvgIpc) is 3.53. The molecule has 3 aliphatic rings. The number of thioether (sulfide) groups is 1. The lowest BCUT2D eigenvalue weighted by molar-refractivity contribution is -0.134. The number of carbonyl (C=O) groups excluding carboxylic acids is 2. The van der Waals surface area contributed by atoms with Crippen LogP contribution >= 0.6 is 43.6 Å². The Hall–Kier alpha value is -2.33. The summed E-state index contributed by atoms with van der Waals surface area (Å²) in [7, 11) is 0. The Morgan fingerprint density at radius 3 is 2.43 bits per heavy atom. The fourth-order valence-corrected chi connectivity index (χ4v) is 8.69. The van der Waals surface area contributed by atoms with Gasteiger partial charge in [0, 0.05) is 38.1 Å². The lowest BCUT2D eigenvalue weighted by atomic mass is 9.70. The molecule has 2 unspecified atom stereocenters. The van der Waals surface area contributed by atoms with Crippen LogP contribution in [0.25, 0.3) is 6.08 Å². The maximum atomic E-state index is 14.2. The van der Waals surface area contributed by atoms with Gasteiger partial charge in [-0.15, -0.1) is 11.8 Å². The molecule has 37 heavy (non-hydrogen) atoms. The summed E-state index contributed by atoms with van der Waals surface area (Å²) in [5, 5.41) is 3.05. The third-order valence-electron chi connectivity index (χ3n) is 7.52. The van der Waals surface area contributed by atoms with E-state index in [1.165, 1.54) is 30.3 Å². The van der Waals surface area contributed by atoms with Crippen molar-refractivity contribution in [3.8, 4) is 0 Å². The van der Waals surface area contributed by atoms with E-state index in [1.54, 1.807) is 42.1 Å². The zero-order valence-electron chi connectivity index (χ0n) is 19.3. The number of fused-ring (bicyclic) bond motifs is 4. The third kappa shape index (κ3) is 3.93. The van der Waals surface area contributed by atoms with E-state index in [-0.39, 0.29) is 35.3 Å². The van der Waals surface area contributed by atoms with Crippen molar-refractivity contribution in [1.82, 2.24) is 4.90 Å². The third-order valence-corrected chi connectivity index (χ3v) is 9.64. The van der Waals surface area contributed by atoms with E-state index < -0.39 is 11.5 Å². The number of nitrogens with one attached hydrogen (secondary N) is 1. The minimum atomic E-state index is -1.24. The summed E-state index contributed by atoms with van der Waals surface area (Å²) in [5.41, 5.74) is 1.66. The van der Waals surface area contributed by atoms with Crippen LogP contribution in [0.2, 0.25) is 0 Å². The summed E-state index contributed by atoms with van der Waals surface area (Å²) in [5.74, 6) is -0.937. The molecule has 9 heteroatoms. The second-order valence-electron chi connectivity index (χ2n) is 9.41. The number of nitrogens with zero attached hydrogens (tertiary/aromatic N) is 1. The number of ketones is 1. The maximum absolute atomic E-state index is 14.2. The number of anilines is 1. The molecule has 6 rings (SSSR count). The number of halogens is 4. The highest BCUT2D eigenvalue weighted by Crippen LogP contribution is 2.62. The first-order valence-corrected chi connectivity index (χ1v) is 14.4. The van der Waals surface area contributed by atoms with Crippen molar-refractivity contribution >= 4 is 67.1 Å². The van der Waals surface area contributed by atoms with E-state index in [9.17, 15) is 18.4 Å². The van der Waals surface area contributed by atoms with Crippen LogP contribution in [0.15, 0.2) is 75.7 Å². The van der Waals surface area contributed by atoms with Gasteiger partial charge in [-0.2, -0.15) is 0 Å². The summed E-state index contributed by atoms with van der Waals surface area (Å²) in [6, 6.07) is 15.8. The monoisotopic (exact) mass is 644 g/mol. The molecule has 4 nitrogen and oxygen atoms in total. The molecule has 0 radical (unpaired) electrons. The molecule has 3 aliphatic heterocycles. The molecule has 1 spiro atoms. The van der Waals surface area contributed by atoms with Crippen LogP contribution < -0.4 is 5.32 Å². The van der Waals surface area contributed by atoms with Gasteiger partial charge in [-0.1, -0.05) is 46.3 Å². The van der Waals surface area contributed by atoms with E-state index in [0.29, 0.717) is 17.1 Å². The molecule has 0 saturated carbocycles. The van der Waals surface area contributed by atoms with Crippen molar-refractivity contribution < 1.29 is 18.4 Å². The normalized spacial score (nSPS) is 26.6. The molecule has 1 amide bonds. The van der Waals surface area contributed by atoms with Crippen LogP contribution in [0.4, 0.5) is 14.5 Å². The van der Waals surface area contributed by atoms with Crippen LogP contribution in [0.1, 0.15) is 22.6 Å². The quantitative estimate of drug-likeness (QED) is 0.321.